The van der Waals surface area contributed by atoms with E-state index in [1.807, 2.05) is 27.7 Å². The summed E-state index contributed by atoms with van der Waals surface area (Å²) in [6, 6.07) is 0. The highest BCUT2D eigenvalue weighted by atomic mass is 14.9. The average molecular weight is 211 g/mol. The normalized spacial score (nSPS) is 34.4. The molecule has 1 heteroatoms. The van der Waals surface area contributed by atoms with E-state index in [-0.39, 0.29) is 0 Å². The Labute approximate surface area is 96.0 Å². The maximum absolute atomic E-state index is 3.47. The van der Waals surface area contributed by atoms with Crippen LogP contribution in [0.1, 0.15) is 59.8 Å². The predicted molar refractivity (Wildman–Crippen MR) is 68.1 cm³/mol. The summed E-state index contributed by atoms with van der Waals surface area (Å²) >= 11 is 0. The molecule has 2 aliphatic carbocycles. The Balaban J connectivity index is 0.000000255. The van der Waals surface area contributed by atoms with Crippen molar-refractivity contribution in [1.29, 1.82) is 0 Å². The first-order valence-electron chi connectivity index (χ1n) is 7.09. The largest absolute Gasteiger partial charge is 0.317 e. The van der Waals surface area contributed by atoms with Crippen molar-refractivity contribution in [1.82, 2.24) is 5.32 Å². The van der Waals surface area contributed by atoms with Gasteiger partial charge in [0.05, 0.1) is 0 Å². The van der Waals surface area contributed by atoms with Crippen molar-refractivity contribution in [2.45, 2.75) is 59.8 Å². The Morgan fingerprint density at radius 3 is 1.80 bits per heavy atom. The Bertz CT molecular complexity index is 158. The molecule has 0 aromatic heterocycles. The summed E-state index contributed by atoms with van der Waals surface area (Å²) in [6.45, 7) is 10.6. The zero-order valence-corrected chi connectivity index (χ0v) is 11.1. The molecule has 1 nitrogen and oxygen atoms in total. The van der Waals surface area contributed by atoms with Crippen LogP contribution in [-0.2, 0) is 0 Å². The molecule has 1 N–H and O–H groups in total. The molecule has 2 unspecified atom stereocenters. The minimum absolute atomic E-state index is 0.832. The molecule has 0 radical (unpaired) electrons. The summed E-state index contributed by atoms with van der Waals surface area (Å²) < 4.78 is 0. The first-order valence-corrected chi connectivity index (χ1v) is 7.09. The lowest BCUT2D eigenvalue weighted by Gasteiger charge is -2.35. The number of nitrogens with one attached hydrogen (secondary N) is 1. The van der Waals surface area contributed by atoms with Gasteiger partial charge in [0.1, 0.15) is 0 Å². The Hall–Kier alpha value is -0.0400. The van der Waals surface area contributed by atoms with Crippen LogP contribution in [0.15, 0.2) is 0 Å². The van der Waals surface area contributed by atoms with Crippen molar-refractivity contribution < 1.29 is 0 Å². The van der Waals surface area contributed by atoms with Gasteiger partial charge in [0.25, 0.3) is 0 Å². The number of piperidine rings is 1. The van der Waals surface area contributed by atoms with Crippen molar-refractivity contribution in [3.05, 3.63) is 0 Å². The van der Waals surface area contributed by atoms with E-state index >= 15 is 0 Å². The minimum atomic E-state index is 0.832. The van der Waals surface area contributed by atoms with E-state index in [1.54, 1.807) is 19.3 Å². The van der Waals surface area contributed by atoms with Gasteiger partial charge in [0.2, 0.25) is 0 Å². The van der Waals surface area contributed by atoms with E-state index < -0.39 is 0 Å². The molecule has 1 spiro atoms. The van der Waals surface area contributed by atoms with Gasteiger partial charge in [-0.05, 0) is 62.4 Å². The van der Waals surface area contributed by atoms with Crippen LogP contribution in [0.5, 0.6) is 0 Å². The number of fused-ring (bicyclic) bond motifs is 1. The fraction of sp³-hybridized carbons (Fsp3) is 1.00. The van der Waals surface area contributed by atoms with E-state index in [4.69, 9.17) is 0 Å². The summed E-state index contributed by atoms with van der Waals surface area (Å²) in [6.07, 6.45) is 7.69. The smallest absolute Gasteiger partial charge is 0.00436 e. The molecule has 2 saturated carbocycles. The summed E-state index contributed by atoms with van der Waals surface area (Å²) in [7, 11) is 0. The molecule has 1 saturated heterocycles. The lowest BCUT2D eigenvalue weighted by atomic mass is 9.75. The fourth-order valence-electron chi connectivity index (χ4n) is 3.37. The molecule has 15 heavy (non-hydrogen) atoms. The second-order valence-corrected chi connectivity index (χ2v) is 4.91. The zero-order chi connectivity index (χ0) is 11.3. The summed E-state index contributed by atoms with van der Waals surface area (Å²) in [4.78, 5) is 0. The molecule has 3 aliphatic rings. The number of hydrogen-bond acceptors (Lipinski definition) is 1. The van der Waals surface area contributed by atoms with Crippen LogP contribution in [-0.4, -0.2) is 13.1 Å². The van der Waals surface area contributed by atoms with Crippen LogP contribution in [0, 0.1) is 17.3 Å². The molecular formula is C14H29N. The SMILES string of the molecule is C1CC2(CCN1)CC1CC1C2.CC.CC. The van der Waals surface area contributed by atoms with Crippen LogP contribution in [0.2, 0.25) is 0 Å². The van der Waals surface area contributed by atoms with Crippen LogP contribution < -0.4 is 5.32 Å². The Kier molecular flexibility index (Phi) is 5.11. The van der Waals surface area contributed by atoms with Gasteiger partial charge in [-0.2, -0.15) is 0 Å². The van der Waals surface area contributed by atoms with Gasteiger partial charge in [-0.1, -0.05) is 27.7 Å². The third-order valence-electron chi connectivity index (χ3n) is 4.12. The van der Waals surface area contributed by atoms with Crippen molar-refractivity contribution in [2.24, 2.45) is 17.3 Å². The van der Waals surface area contributed by atoms with Crippen LogP contribution in [0.3, 0.4) is 0 Å². The molecule has 1 aliphatic heterocycles. The van der Waals surface area contributed by atoms with Gasteiger partial charge >= 0.3 is 0 Å². The highest BCUT2D eigenvalue weighted by molar-refractivity contribution is 5.04. The maximum Gasteiger partial charge on any atom is -0.00436 e. The molecule has 1 heterocycles. The lowest BCUT2D eigenvalue weighted by Crippen LogP contribution is -2.35. The van der Waals surface area contributed by atoms with Gasteiger partial charge in [-0.25, -0.2) is 0 Å². The van der Waals surface area contributed by atoms with Gasteiger partial charge in [-0.15, -0.1) is 0 Å². The molecule has 3 rings (SSSR count). The highest BCUT2D eigenvalue weighted by Gasteiger charge is 2.53. The standard InChI is InChI=1S/C10H17N.2C2H6/c1-3-11-4-2-10(1)6-8-5-9(8)7-10;2*1-2/h8-9,11H,1-7H2;2*1-2H3. The molecule has 0 aromatic carbocycles. The van der Waals surface area contributed by atoms with E-state index in [9.17, 15) is 0 Å². The second-order valence-electron chi connectivity index (χ2n) is 4.91. The quantitative estimate of drug-likeness (QED) is 0.642. The molecular weight excluding hydrogens is 182 g/mol. The van der Waals surface area contributed by atoms with Crippen LogP contribution in [0.25, 0.3) is 0 Å². The van der Waals surface area contributed by atoms with Gasteiger partial charge in [-0.3, -0.25) is 0 Å². The van der Waals surface area contributed by atoms with Crippen LogP contribution in [0.4, 0.5) is 0 Å². The van der Waals surface area contributed by atoms with Crippen molar-refractivity contribution in [3.8, 4) is 0 Å². The van der Waals surface area contributed by atoms with Crippen LogP contribution >= 0.6 is 0 Å². The molecule has 3 fully saturated rings. The number of rotatable bonds is 0. The average Bonchev–Trinajstić information content (AvgIpc) is 2.94. The lowest BCUT2D eigenvalue weighted by molar-refractivity contribution is 0.187. The van der Waals surface area contributed by atoms with E-state index in [0.717, 1.165) is 5.41 Å². The fourth-order valence-corrected chi connectivity index (χ4v) is 3.37. The molecule has 90 valence electrons. The molecule has 0 bridgehead atoms. The van der Waals surface area contributed by atoms with E-state index in [0.29, 0.717) is 0 Å². The van der Waals surface area contributed by atoms with E-state index in [2.05, 4.69) is 5.32 Å². The van der Waals surface area contributed by atoms with Crippen molar-refractivity contribution in [2.75, 3.05) is 13.1 Å². The molecule has 0 amide bonds. The molecule has 0 aromatic rings. The topological polar surface area (TPSA) is 12.0 Å². The summed E-state index contributed by atoms with van der Waals surface area (Å²) in [5.41, 5.74) is 0.832. The van der Waals surface area contributed by atoms with Gasteiger partial charge < -0.3 is 5.32 Å². The van der Waals surface area contributed by atoms with Crippen molar-refractivity contribution in [3.63, 3.8) is 0 Å². The third-order valence-corrected chi connectivity index (χ3v) is 4.12. The highest BCUT2D eigenvalue weighted by Crippen LogP contribution is 2.62. The van der Waals surface area contributed by atoms with Gasteiger partial charge in [0, 0.05) is 0 Å². The monoisotopic (exact) mass is 211 g/mol. The third kappa shape index (κ3) is 2.96. The van der Waals surface area contributed by atoms with E-state index in [1.165, 1.54) is 37.8 Å². The molecule has 2 atom stereocenters. The summed E-state index contributed by atoms with van der Waals surface area (Å²) in [5, 5.41) is 3.47. The zero-order valence-electron chi connectivity index (χ0n) is 11.1. The van der Waals surface area contributed by atoms with Gasteiger partial charge in [0.15, 0.2) is 0 Å². The maximum atomic E-state index is 3.47. The Morgan fingerprint density at radius 2 is 1.33 bits per heavy atom. The first kappa shape index (κ1) is 13.0. The minimum Gasteiger partial charge on any atom is -0.317 e. The summed E-state index contributed by atoms with van der Waals surface area (Å²) in [5.74, 6) is 2.35. The first-order chi connectivity index (χ1) is 7.38. The number of hydrogen-bond donors (Lipinski definition) is 1. The van der Waals surface area contributed by atoms with Crippen molar-refractivity contribution >= 4 is 0 Å². The predicted octanol–water partition coefficient (Wildman–Crippen LogP) is 3.84. The second kappa shape index (κ2) is 5.89. The Morgan fingerprint density at radius 1 is 0.867 bits per heavy atom.